The van der Waals surface area contributed by atoms with E-state index in [0.29, 0.717) is 56.1 Å². The molecule has 2 aliphatic carbocycles. The van der Waals surface area contributed by atoms with Gasteiger partial charge >= 0.3 is 12.3 Å². The number of hydrogen-bond donors (Lipinski definition) is 3. The lowest BCUT2D eigenvalue weighted by molar-refractivity contribution is -0.145. The first-order chi connectivity index (χ1) is 27.3. The van der Waals surface area contributed by atoms with E-state index in [1.54, 1.807) is 26.0 Å². The molecule has 14 nitrogen and oxygen atoms in total. The zero-order valence-corrected chi connectivity index (χ0v) is 33.8. The van der Waals surface area contributed by atoms with Crippen LogP contribution in [0.2, 0.25) is 0 Å². The molecule has 2 aromatic rings. The molecule has 0 radical (unpaired) electrons. The van der Waals surface area contributed by atoms with Crippen LogP contribution in [0.15, 0.2) is 30.4 Å². The molecule has 1 saturated heterocycles. The Kier molecular flexibility index (Phi) is 10.7. The van der Waals surface area contributed by atoms with Gasteiger partial charge in [0.05, 0.1) is 23.9 Å². The van der Waals surface area contributed by atoms with Crippen LogP contribution in [-0.2, 0) is 37.0 Å². The number of methoxy groups -OCH3 is 1. The fourth-order valence-corrected chi connectivity index (χ4v) is 10.1. The van der Waals surface area contributed by atoms with Gasteiger partial charge in [-0.25, -0.2) is 18.2 Å². The molecule has 6 atom stereocenters. The lowest BCUT2D eigenvalue weighted by Gasteiger charge is -2.38. The number of fused-ring (bicyclic) bond motifs is 5. The number of carboxylic acid groups (broad SMARTS) is 1. The second-order valence-corrected chi connectivity index (χ2v) is 19.0. The van der Waals surface area contributed by atoms with Gasteiger partial charge in [0.1, 0.15) is 29.0 Å². The van der Waals surface area contributed by atoms with Gasteiger partial charge in [0, 0.05) is 29.3 Å². The zero-order chi connectivity index (χ0) is 42.0. The molecule has 1 aromatic heterocycles. The summed E-state index contributed by atoms with van der Waals surface area (Å²) in [6.45, 7) is 4.62. The van der Waals surface area contributed by atoms with Crippen LogP contribution >= 0.6 is 0 Å². The van der Waals surface area contributed by atoms with Crippen molar-refractivity contribution in [1.29, 1.82) is 0 Å². The molecule has 4 amide bonds. The number of nitrogens with zero attached hydrogens (tertiary/aromatic N) is 3. The average Bonchev–Trinajstić information content (AvgIpc) is 4.06. The number of sulfonamides is 1. The molecule has 7 rings (SSSR count). The predicted octanol–water partition coefficient (Wildman–Crippen LogP) is 5.47. The van der Waals surface area contributed by atoms with E-state index in [0.717, 1.165) is 4.90 Å². The molecular formula is C40H50F3N5O9S. The van der Waals surface area contributed by atoms with Crippen molar-refractivity contribution in [3.63, 3.8) is 0 Å². The molecule has 2 saturated carbocycles. The van der Waals surface area contributed by atoms with E-state index in [1.807, 2.05) is 6.08 Å². The minimum absolute atomic E-state index is 0.0500. The molecule has 1 spiro atoms. The van der Waals surface area contributed by atoms with Crippen molar-refractivity contribution in [1.82, 2.24) is 24.8 Å². The Balaban J connectivity index is 1.31. The number of carbonyl (C=O) groups is 4. The first-order valence-corrected chi connectivity index (χ1v) is 21.4. The van der Waals surface area contributed by atoms with E-state index in [9.17, 15) is 45.9 Å². The summed E-state index contributed by atoms with van der Waals surface area (Å²) in [4.78, 5) is 62.6. The predicted molar refractivity (Wildman–Crippen MR) is 204 cm³/mol. The van der Waals surface area contributed by atoms with E-state index in [-0.39, 0.29) is 49.7 Å². The molecule has 0 unspecified atom stereocenters. The molecule has 5 aliphatic rings. The number of amides is 4. The topological polar surface area (TPSA) is 185 Å². The number of alkyl halides is 3. The fraction of sp³-hybridized carbons (Fsp3) is 0.625. The van der Waals surface area contributed by atoms with Gasteiger partial charge in [-0.1, -0.05) is 31.9 Å². The van der Waals surface area contributed by atoms with Crippen LogP contribution in [0.25, 0.3) is 10.9 Å². The number of benzene rings is 1. The number of nitrogens with one attached hydrogen (secondary N) is 2. The van der Waals surface area contributed by atoms with Crippen molar-refractivity contribution in [2.24, 2.45) is 5.92 Å². The number of ether oxygens (including phenoxy) is 2. The van der Waals surface area contributed by atoms with Crippen molar-refractivity contribution in [3.05, 3.63) is 41.6 Å². The summed E-state index contributed by atoms with van der Waals surface area (Å²) in [6, 6.07) is 1.24. The minimum Gasteiger partial charge on any atom is -0.497 e. The van der Waals surface area contributed by atoms with E-state index in [2.05, 4.69) is 15.0 Å². The van der Waals surface area contributed by atoms with Gasteiger partial charge in [0.2, 0.25) is 21.8 Å². The number of halogens is 3. The van der Waals surface area contributed by atoms with E-state index < -0.39 is 91.4 Å². The third-order valence-corrected chi connectivity index (χ3v) is 15.0. The first-order valence-electron chi connectivity index (χ1n) is 19.9. The molecule has 18 heteroatoms. The van der Waals surface area contributed by atoms with E-state index in [4.69, 9.17) is 9.47 Å². The van der Waals surface area contributed by atoms with Crippen molar-refractivity contribution in [3.8, 4) is 11.5 Å². The molecule has 3 fully saturated rings. The molecular weight excluding hydrogens is 784 g/mol. The van der Waals surface area contributed by atoms with Crippen LogP contribution in [0.5, 0.6) is 11.5 Å². The fourth-order valence-electron chi connectivity index (χ4n) is 8.76. The first kappa shape index (κ1) is 41.5. The molecule has 4 heterocycles. The van der Waals surface area contributed by atoms with Gasteiger partial charge < -0.3 is 24.8 Å². The Morgan fingerprint density at radius 2 is 1.91 bits per heavy atom. The summed E-state index contributed by atoms with van der Waals surface area (Å²) in [5, 5.41) is 13.6. The largest absolute Gasteiger partial charge is 0.497 e. The van der Waals surface area contributed by atoms with Gasteiger partial charge in [-0.3, -0.25) is 24.0 Å². The highest BCUT2D eigenvalue weighted by atomic mass is 32.2. The second kappa shape index (κ2) is 14.9. The van der Waals surface area contributed by atoms with Gasteiger partial charge in [-0.2, -0.15) is 13.2 Å². The number of aryl methyl sites for hydroxylation is 1. The zero-order valence-electron chi connectivity index (χ0n) is 33.0. The van der Waals surface area contributed by atoms with E-state index in [1.165, 1.54) is 31.1 Å². The third kappa shape index (κ3) is 7.44. The quantitative estimate of drug-likeness (QED) is 0.303. The lowest BCUT2D eigenvalue weighted by Crippen LogP contribution is -2.59. The van der Waals surface area contributed by atoms with Crippen molar-refractivity contribution in [2.75, 3.05) is 13.7 Å². The summed E-state index contributed by atoms with van der Waals surface area (Å²) in [5.74, 6) is -3.18. The summed E-state index contributed by atoms with van der Waals surface area (Å²) < 4.78 is 83.5. The lowest BCUT2D eigenvalue weighted by atomic mass is 9.87. The van der Waals surface area contributed by atoms with Crippen molar-refractivity contribution >= 4 is 44.7 Å². The molecule has 0 bridgehead atoms. The average molecular weight is 834 g/mol. The van der Waals surface area contributed by atoms with Crippen LogP contribution in [0.1, 0.15) is 103 Å². The Hall–Kier alpha value is -4.61. The van der Waals surface area contributed by atoms with Gasteiger partial charge in [-0.15, -0.1) is 0 Å². The summed E-state index contributed by atoms with van der Waals surface area (Å²) in [6.07, 6.45) is 0.862. The molecule has 1 aromatic carbocycles. The Morgan fingerprint density at radius 3 is 2.57 bits per heavy atom. The van der Waals surface area contributed by atoms with Crippen LogP contribution in [0.4, 0.5) is 18.0 Å². The monoisotopic (exact) mass is 833 g/mol. The second-order valence-electron chi connectivity index (χ2n) is 16.8. The molecule has 58 heavy (non-hydrogen) atoms. The number of pyridine rings is 1. The molecule has 3 N–H and O–H groups in total. The van der Waals surface area contributed by atoms with Crippen LogP contribution in [-0.4, -0.2) is 99.8 Å². The number of allylic oxidation sites excluding steroid dienone is 1. The minimum atomic E-state index is -4.94. The maximum Gasteiger partial charge on any atom is 0.437 e. The van der Waals surface area contributed by atoms with Gasteiger partial charge in [-0.05, 0) is 89.8 Å². The summed E-state index contributed by atoms with van der Waals surface area (Å²) in [5.41, 5.74) is -4.19. The number of carbonyl (C=O) groups excluding carboxylic acids is 3. The van der Waals surface area contributed by atoms with E-state index >= 15 is 0 Å². The third-order valence-electron chi connectivity index (χ3n) is 12.9. The smallest absolute Gasteiger partial charge is 0.437 e. The highest BCUT2D eigenvalue weighted by molar-refractivity contribution is 7.91. The van der Waals surface area contributed by atoms with Crippen molar-refractivity contribution < 1.29 is 55.3 Å². The highest BCUT2D eigenvalue weighted by Gasteiger charge is 2.64. The summed E-state index contributed by atoms with van der Waals surface area (Å²) in [7, 11) is -2.68. The number of aromatic nitrogens is 1. The Bertz CT molecular complexity index is 2160. The van der Waals surface area contributed by atoms with Crippen LogP contribution < -0.4 is 19.5 Å². The highest BCUT2D eigenvalue weighted by Crippen LogP contribution is 2.51. The maximum absolute atomic E-state index is 14.9. The number of rotatable bonds is 7. The standard InChI is InChI=1S/C40H50F3N5O9S/c1-5-23(2)48(36(52)53)29-12-10-8-6-7-9-11-24-20-39(24,35(51)46-58(54,55)37(3)17-18-37)45-33(49)30-21-38(22-47(30)34(29)50)16-15-26-27-19-25(56-4)13-14-28(27)44-32(31(26)57-38)40(41,42)43/h9,11,13-14,19,23-24,29-30H,5-8,10,12,15-18,20-22H2,1-4H3,(H,45,49)(H,46,51)(H,52,53)/b11-9-/t23-,24+,29-,30-,38+,39+/m0/s1. The van der Waals surface area contributed by atoms with Gasteiger partial charge in [0.15, 0.2) is 11.4 Å². The van der Waals surface area contributed by atoms with Crippen molar-refractivity contribution in [2.45, 2.75) is 138 Å². The molecule has 316 valence electrons. The SMILES string of the molecule is CC[C@H](C)N(C(=O)O)[C@H]1CCCCC/C=C\[C@@H]2C[C@@]2(C(=O)NS(=O)(=O)C2(C)CC2)NC(=O)[C@@H]2C[C@]3(CCc4c(c(C(F)(F)F)nc5ccc(OC)cc45)O3)CN2C1=O. The Labute approximate surface area is 334 Å². The number of hydrogen-bond acceptors (Lipinski definition) is 9. The van der Waals surface area contributed by atoms with Gasteiger partial charge in [0.25, 0.3) is 5.91 Å². The Morgan fingerprint density at radius 1 is 1.17 bits per heavy atom. The van der Waals surface area contributed by atoms with Crippen LogP contribution in [0.3, 0.4) is 0 Å². The van der Waals surface area contributed by atoms with Crippen LogP contribution in [0, 0.1) is 5.92 Å². The molecule has 3 aliphatic heterocycles. The maximum atomic E-state index is 14.9. The normalized spacial score (nSPS) is 29.4. The summed E-state index contributed by atoms with van der Waals surface area (Å²) >= 11 is 0.